The molecule has 0 aliphatic heterocycles. The molecule has 2 aliphatic rings. The maximum atomic E-state index is 9.85. The average Bonchev–Trinajstić information content (AvgIpc) is 4.01. The Bertz CT molecular complexity index is 4320. The SMILES string of the molecule is [2H]C1=C([2H])C2C([2H])=C([2H])C(c3c([2H])c([2H])c([2H])c(-c4c5c([2H])c([2H])c([2H])c([2H])c5c(-c5c([2H])c([2H])c([2H])c6oc7c([2H])c(-c8c([2H])c([2H])c([2H])c([2H])c8[2H])c([2H])c([2H])c7c56)c5c([2H])c([2H])c([2H])c([2H])c45)c3[2H])=C([2H])C2C([2H])=C1[2H]. The lowest BCUT2D eigenvalue weighted by atomic mass is 9.81. The molecule has 0 saturated heterocycles. The monoisotopic (exact) mass is 654 g/mol. The first-order chi connectivity index (χ1) is 36.8. The van der Waals surface area contributed by atoms with Gasteiger partial charge in [0.05, 0.1) is 41.1 Å². The van der Waals surface area contributed by atoms with Gasteiger partial charge in [-0.3, -0.25) is 0 Å². The maximum Gasteiger partial charge on any atom is 0.136 e. The van der Waals surface area contributed by atoms with E-state index in [9.17, 15) is 15.1 Å². The lowest BCUT2D eigenvalue weighted by Crippen LogP contribution is -2.11. The van der Waals surface area contributed by atoms with E-state index in [0.717, 1.165) is 0 Å². The van der Waals surface area contributed by atoms with Crippen LogP contribution in [0.15, 0.2) is 186 Å². The molecule has 2 atom stereocenters. The largest absolute Gasteiger partial charge is 0.456 e. The highest BCUT2D eigenvalue weighted by molar-refractivity contribution is 6.25. The maximum absolute atomic E-state index is 9.85. The summed E-state index contributed by atoms with van der Waals surface area (Å²) in [5.41, 5.74) is -7.71. The molecule has 10 rings (SSSR count). The molecule has 1 aromatic heterocycles. The van der Waals surface area contributed by atoms with Gasteiger partial charge < -0.3 is 4.42 Å². The van der Waals surface area contributed by atoms with Gasteiger partial charge in [0.2, 0.25) is 0 Å². The number of hydrogen-bond acceptors (Lipinski definition) is 1. The highest BCUT2D eigenvalue weighted by Gasteiger charge is 2.22. The van der Waals surface area contributed by atoms with Crippen molar-refractivity contribution in [2.24, 2.45) is 11.8 Å². The van der Waals surface area contributed by atoms with Crippen molar-refractivity contribution in [3.8, 4) is 33.4 Å². The second-order valence-corrected chi connectivity index (χ2v) is 10.8. The molecule has 49 heavy (non-hydrogen) atoms. The van der Waals surface area contributed by atoms with Crippen LogP contribution >= 0.6 is 0 Å². The Labute approximate surface area is 327 Å². The number of benzene rings is 7. The van der Waals surface area contributed by atoms with Crippen molar-refractivity contribution in [3.05, 3.63) is 187 Å². The van der Waals surface area contributed by atoms with Gasteiger partial charge in [-0.05, 0) is 90.2 Å². The van der Waals surface area contributed by atoms with E-state index in [2.05, 4.69) is 0 Å². The summed E-state index contributed by atoms with van der Waals surface area (Å²) in [6, 6.07) is -28.2. The van der Waals surface area contributed by atoms with Gasteiger partial charge in [0, 0.05) is 22.6 Å². The Balaban J connectivity index is 1.45. The zero-order valence-electron chi connectivity index (χ0n) is 54.6. The van der Waals surface area contributed by atoms with Crippen LogP contribution < -0.4 is 0 Å². The van der Waals surface area contributed by atoms with Crippen molar-refractivity contribution >= 4 is 49.1 Å². The Morgan fingerprint density at radius 2 is 1.10 bits per heavy atom. The molecule has 0 spiro atoms. The first-order valence-corrected chi connectivity index (χ1v) is 14.6. The Hall–Kier alpha value is -6.18. The van der Waals surface area contributed by atoms with Crippen LogP contribution in [0.25, 0.3) is 82.4 Å². The van der Waals surface area contributed by atoms with Gasteiger partial charge in [0.15, 0.2) is 0 Å². The van der Waals surface area contributed by atoms with E-state index in [1.807, 2.05) is 0 Å². The molecule has 1 heteroatoms. The molecule has 0 bridgehead atoms. The number of hydrogen-bond donors (Lipinski definition) is 0. The van der Waals surface area contributed by atoms with Crippen LogP contribution in [-0.4, -0.2) is 0 Å². The minimum Gasteiger partial charge on any atom is -0.456 e. The summed E-state index contributed by atoms with van der Waals surface area (Å²) in [7, 11) is 0. The first-order valence-electron chi connectivity index (χ1n) is 29.6. The zero-order chi connectivity index (χ0) is 58.4. The van der Waals surface area contributed by atoms with Gasteiger partial charge in [0.25, 0.3) is 0 Å². The van der Waals surface area contributed by atoms with Crippen LogP contribution in [0, 0.1) is 11.8 Å². The van der Waals surface area contributed by atoms with Crippen LogP contribution in [0.4, 0.5) is 0 Å². The Kier molecular flexibility index (Phi) is 2.56. The minimum atomic E-state index is -1.72. The summed E-state index contributed by atoms with van der Waals surface area (Å²) < 4.78 is 276. The van der Waals surface area contributed by atoms with E-state index in [0.29, 0.717) is 0 Å². The van der Waals surface area contributed by atoms with Crippen LogP contribution in [0.2, 0.25) is 0 Å². The molecule has 2 unspecified atom stereocenters. The second kappa shape index (κ2) is 11.2. The first kappa shape index (κ1) is 11.2. The van der Waals surface area contributed by atoms with Gasteiger partial charge in [-0.15, -0.1) is 0 Å². The smallest absolute Gasteiger partial charge is 0.136 e. The second-order valence-electron chi connectivity index (χ2n) is 10.8. The summed E-state index contributed by atoms with van der Waals surface area (Å²) in [4.78, 5) is 0. The predicted molar refractivity (Wildman–Crippen MR) is 207 cm³/mol. The summed E-state index contributed by atoms with van der Waals surface area (Å²) in [6.07, 6.45) is 0. The molecular formula is C48H32O. The fraction of sp³-hybridized carbons (Fsp3) is 0.0417. The number of allylic oxidation sites excluding steroid dienone is 8. The summed E-state index contributed by atoms with van der Waals surface area (Å²) in [5, 5.41) is -4.40. The molecule has 0 amide bonds. The quantitative estimate of drug-likeness (QED) is 0.172. The van der Waals surface area contributed by atoms with Crippen molar-refractivity contribution in [1.82, 2.24) is 0 Å². The molecule has 0 N–H and O–H groups in total. The van der Waals surface area contributed by atoms with E-state index in [1.54, 1.807) is 0 Å². The summed E-state index contributed by atoms with van der Waals surface area (Å²) in [6.45, 7) is 0. The Morgan fingerprint density at radius 3 is 1.88 bits per heavy atom. The fourth-order valence-electron chi connectivity index (χ4n) is 5.96. The Morgan fingerprint density at radius 1 is 0.449 bits per heavy atom. The van der Waals surface area contributed by atoms with E-state index >= 15 is 0 Å². The third-order valence-electron chi connectivity index (χ3n) is 8.08. The van der Waals surface area contributed by atoms with E-state index in [4.69, 9.17) is 30.5 Å². The molecule has 7 aromatic carbocycles. The lowest BCUT2D eigenvalue weighted by molar-refractivity contribution is 0.663. The molecule has 2 aliphatic carbocycles. The van der Waals surface area contributed by atoms with Gasteiger partial charge in [0.1, 0.15) is 11.2 Å². The van der Waals surface area contributed by atoms with Crippen LogP contribution in [0.1, 0.15) is 46.7 Å². The molecular weight excluding hydrogens is 593 g/mol. The molecule has 1 nitrogen and oxygen atoms in total. The number of fused-ring (bicyclic) bond motifs is 6. The van der Waals surface area contributed by atoms with Gasteiger partial charge in [-0.2, -0.15) is 0 Å². The average molecular weight is 655 g/mol. The van der Waals surface area contributed by atoms with Crippen molar-refractivity contribution in [3.63, 3.8) is 0 Å². The van der Waals surface area contributed by atoms with Crippen molar-refractivity contribution in [1.29, 1.82) is 0 Å². The van der Waals surface area contributed by atoms with Gasteiger partial charge >= 0.3 is 0 Å². The van der Waals surface area contributed by atoms with Gasteiger partial charge in [-0.25, -0.2) is 0 Å². The van der Waals surface area contributed by atoms with E-state index in [-0.39, 0.29) is 0 Å². The molecule has 0 saturated carbocycles. The molecule has 1 heterocycles. The minimum absolute atomic E-state index is 0.608. The standard InChI is InChI=1S/C48H32O/c1-2-12-31(13-3-1)36-26-27-42-45(30-36)49-44-23-11-22-43(48(42)44)47-40-20-8-6-18-38(40)46(39-19-7-9-21-41(39)47)37-17-10-16-34(29-37)35-25-24-32-14-4-5-15-33(32)28-35/h1-30,32-33H/i1D,2D,3D,4D,5D,6D,7D,8D,9D,10D,11D,12D,13D,14D,15D,16D,17D,18D,19D,20D,21D,22D,23D,24D,25D,26D,27D,28D,29D,30D. The topological polar surface area (TPSA) is 13.1 Å². The summed E-state index contributed by atoms with van der Waals surface area (Å²) in [5.74, 6) is -3.34. The normalized spacial score (nSPS) is 26.9. The van der Waals surface area contributed by atoms with E-state index in [1.165, 1.54) is 0 Å². The zero-order valence-corrected chi connectivity index (χ0v) is 24.6. The van der Waals surface area contributed by atoms with E-state index < -0.39 is 281 Å². The van der Waals surface area contributed by atoms with Gasteiger partial charge in [-0.1, -0.05) is 157 Å². The lowest BCUT2D eigenvalue weighted by Gasteiger charge is -2.23. The number of furan rings is 1. The summed E-state index contributed by atoms with van der Waals surface area (Å²) >= 11 is 0. The molecule has 8 aromatic rings. The van der Waals surface area contributed by atoms with Crippen molar-refractivity contribution < 1.29 is 45.5 Å². The van der Waals surface area contributed by atoms with Crippen molar-refractivity contribution in [2.45, 2.75) is 0 Å². The van der Waals surface area contributed by atoms with Crippen LogP contribution in [0.5, 0.6) is 0 Å². The predicted octanol–water partition coefficient (Wildman–Crippen LogP) is 13.2. The third kappa shape index (κ3) is 4.54. The number of rotatable bonds is 4. The molecule has 230 valence electrons. The van der Waals surface area contributed by atoms with Crippen LogP contribution in [-0.2, 0) is 0 Å². The molecule has 0 radical (unpaired) electrons. The third-order valence-corrected chi connectivity index (χ3v) is 8.08. The fourth-order valence-corrected chi connectivity index (χ4v) is 5.96. The van der Waals surface area contributed by atoms with Crippen LogP contribution in [0.3, 0.4) is 0 Å². The highest BCUT2D eigenvalue weighted by atomic mass is 16.3. The molecule has 0 fully saturated rings. The van der Waals surface area contributed by atoms with Crippen molar-refractivity contribution in [2.75, 3.05) is 0 Å². The highest BCUT2D eigenvalue weighted by Crippen LogP contribution is 2.47.